The number of para-hydroxylation sites is 1. The van der Waals surface area contributed by atoms with E-state index in [0.29, 0.717) is 5.89 Å². The fourth-order valence-electron chi connectivity index (χ4n) is 6.81. The van der Waals surface area contributed by atoms with Crippen molar-refractivity contribution in [2.45, 2.75) is 0 Å². The molecule has 0 N–H and O–H groups in total. The number of furan rings is 1. The van der Waals surface area contributed by atoms with Crippen molar-refractivity contribution in [3.05, 3.63) is 158 Å². The molecule has 7 aromatic carbocycles. The maximum absolute atomic E-state index is 6.32. The van der Waals surface area contributed by atoms with Crippen LogP contribution in [-0.2, 0) is 0 Å². The Balaban J connectivity index is 1.08. The molecule has 0 fully saturated rings. The highest BCUT2D eigenvalue weighted by Crippen LogP contribution is 2.42. The second-order valence-corrected chi connectivity index (χ2v) is 13.1. The van der Waals surface area contributed by atoms with Crippen molar-refractivity contribution in [1.29, 1.82) is 0 Å². The second kappa shape index (κ2) is 10.7. The third-order valence-corrected chi connectivity index (χ3v) is 10.3. The minimum Gasteiger partial charge on any atom is -0.456 e. The van der Waals surface area contributed by atoms with Crippen LogP contribution in [0.3, 0.4) is 0 Å². The Morgan fingerprint density at radius 1 is 0.438 bits per heavy atom. The van der Waals surface area contributed by atoms with Crippen LogP contribution >= 0.6 is 11.3 Å². The molecule has 48 heavy (non-hydrogen) atoms. The van der Waals surface area contributed by atoms with E-state index in [4.69, 9.17) is 13.8 Å². The summed E-state index contributed by atoms with van der Waals surface area (Å²) in [5, 5.41) is 4.57. The average molecular weight is 635 g/mol. The number of anilines is 3. The van der Waals surface area contributed by atoms with Crippen molar-refractivity contribution < 1.29 is 8.83 Å². The monoisotopic (exact) mass is 634 g/mol. The minimum atomic E-state index is 0.583. The van der Waals surface area contributed by atoms with Gasteiger partial charge in [0.05, 0.1) is 5.39 Å². The number of hydrogen-bond donors (Lipinski definition) is 0. The molecule has 10 aromatic rings. The quantitative estimate of drug-likeness (QED) is 0.189. The molecule has 0 saturated heterocycles. The molecule has 3 heterocycles. The van der Waals surface area contributed by atoms with Crippen LogP contribution < -0.4 is 4.90 Å². The average Bonchev–Trinajstić information content (AvgIpc) is 3.86. The Kier molecular flexibility index (Phi) is 6.01. The summed E-state index contributed by atoms with van der Waals surface area (Å²) >= 11 is 1.83. The van der Waals surface area contributed by atoms with E-state index in [0.717, 1.165) is 55.7 Å². The first-order valence-electron chi connectivity index (χ1n) is 15.9. The number of rotatable bonds is 5. The van der Waals surface area contributed by atoms with Gasteiger partial charge >= 0.3 is 0 Å². The van der Waals surface area contributed by atoms with E-state index in [1.807, 2.05) is 47.7 Å². The topological polar surface area (TPSA) is 42.4 Å². The standard InChI is InChI=1S/C43H26N2O2S/c1-2-8-27(9-3-1)28-14-18-30(19-15-28)45(32-22-25-40-35(26-32)33-10-5-7-13-39(33)48-40)31-20-16-29(17-21-31)43-44-42-38(47-43)24-23-37-41(42)34-11-4-6-12-36(34)46-37/h1-26H. The number of fused-ring (bicyclic) bond motifs is 8. The van der Waals surface area contributed by atoms with Gasteiger partial charge in [0.15, 0.2) is 5.58 Å². The number of nitrogens with zero attached hydrogens (tertiary/aromatic N) is 2. The number of hydrogen-bond acceptors (Lipinski definition) is 5. The van der Waals surface area contributed by atoms with Crippen LogP contribution in [0.1, 0.15) is 0 Å². The van der Waals surface area contributed by atoms with Crippen LogP contribution in [-0.4, -0.2) is 4.98 Å². The first-order valence-corrected chi connectivity index (χ1v) is 16.8. The lowest BCUT2D eigenvalue weighted by atomic mass is 10.0. The molecule has 0 spiro atoms. The predicted octanol–water partition coefficient (Wildman–Crippen LogP) is 12.9. The van der Waals surface area contributed by atoms with Gasteiger partial charge in [-0.05, 0) is 90.0 Å². The summed E-state index contributed by atoms with van der Waals surface area (Å²) in [4.78, 5) is 7.30. The largest absolute Gasteiger partial charge is 0.456 e. The normalized spacial score (nSPS) is 11.8. The van der Waals surface area contributed by atoms with Gasteiger partial charge < -0.3 is 13.7 Å². The van der Waals surface area contributed by atoms with Gasteiger partial charge in [-0.2, -0.15) is 0 Å². The summed E-state index contributed by atoms with van der Waals surface area (Å²) in [6.07, 6.45) is 0. The van der Waals surface area contributed by atoms with Crippen molar-refractivity contribution in [1.82, 2.24) is 4.98 Å². The zero-order valence-electron chi connectivity index (χ0n) is 25.6. The molecule has 0 amide bonds. The lowest BCUT2D eigenvalue weighted by Crippen LogP contribution is -2.09. The molecule has 0 unspecified atom stereocenters. The van der Waals surface area contributed by atoms with Crippen LogP contribution in [0.15, 0.2) is 167 Å². The number of oxazole rings is 1. The summed E-state index contributed by atoms with van der Waals surface area (Å²) in [5.74, 6) is 0.583. The Bertz CT molecular complexity index is 2770. The summed E-state index contributed by atoms with van der Waals surface area (Å²) in [5.41, 5.74) is 9.73. The van der Waals surface area contributed by atoms with Crippen molar-refractivity contribution in [3.8, 4) is 22.6 Å². The highest BCUT2D eigenvalue weighted by atomic mass is 32.1. The van der Waals surface area contributed by atoms with Crippen LogP contribution in [0.4, 0.5) is 17.1 Å². The maximum atomic E-state index is 6.32. The molecule has 226 valence electrons. The van der Waals surface area contributed by atoms with E-state index < -0.39 is 0 Å². The van der Waals surface area contributed by atoms with Crippen molar-refractivity contribution in [3.63, 3.8) is 0 Å². The van der Waals surface area contributed by atoms with E-state index in [-0.39, 0.29) is 0 Å². The molecule has 0 aliphatic carbocycles. The molecule has 0 radical (unpaired) electrons. The number of thiophene rings is 1. The summed E-state index contributed by atoms with van der Waals surface area (Å²) in [6, 6.07) is 55.2. The zero-order valence-corrected chi connectivity index (χ0v) is 26.4. The lowest BCUT2D eigenvalue weighted by Gasteiger charge is -2.26. The van der Waals surface area contributed by atoms with Crippen molar-refractivity contribution >= 4 is 81.6 Å². The molecule has 4 nitrogen and oxygen atoms in total. The van der Waals surface area contributed by atoms with Crippen LogP contribution in [0.5, 0.6) is 0 Å². The molecule has 10 rings (SSSR count). The third kappa shape index (κ3) is 4.33. The first-order chi connectivity index (χ1) is 23.8. The predicted molar refractivity (Wildman–Crippen MR) is 200 cm³/mol. The zero-order chi connectivity index (χ0) is 31.6. The summed E-state index contributed by atoms with van der Waals surface area (Å²) < 4.78 is 15.0. The maximum Gasteiger partial charge on any atom is 0.227 e. The van der Waals surface area contributed by atoms with E-state index in [2.05, 4.69) is 126 Å². The molecular weight excluding hydrogens is 609 g/mol. The van der Waals surface area contributed by atoms with Crippen molar-refractivity contribution in [2.24, 2.45) is 0 Å². The molecule has 0 aliphatic rings. The van der Waals surface area contributed by atoms with Gasteiger partial charge in [-0.25, -0.2) is 4.98 Å². The van der Waals surface area contributed by atoms with Crippen LogP contribution in [0.25, 0.3) is 75.8 Å². The molecule has 3 aromatic heterocycles. The Hall–Kier alpha value is -6.17. The Labute approximate surface area is 279 Å². The Morgan fingerprint density at radius 3 is 1.88 bits per heavy atom. The van der Waals surface area contributed by atoms with Gasteiger partial charge in [0, 0.05) is 48.2 Å². The highest BCUT2D eigenvalue weighted by Gasteiger charge is 2.18. The van der Waals surface area contributed by atoms with Gasteiger partial charge in [-0.1, -0.05) is 78.9 Å². The number of benzene rings is 7. The van der Waals surface area contributed by atoms with E-state index in [1.165, 1.54) is 31.3 Å². The summed E-state index contributed by atoms with van der Waals surface area (Å²) in [7, 11) is 0. The highest BCUT2D eigenvalue weighted by molar-refractivity contribution is 7.25. The summed E-state index contributed by atoms with van der Waals surface area (Å²) in [6.45, 7) is 0. The first kappa shape index (κ1) is 27.0. The van der Waals surface area contributed by atoms with Crippen LogP contribution in [0.2, 0.25) is 0 Å². The lowest BCUT2D eigenvalue weighted by molar-refractivity contribution is 0.619. The van der Waals surface area contributed by atoms with E-state index >= 15 is 0 Å². The van der Waals surface area contributed by atoms with Gasteiger partial charge in [0.2, 0.25) is 5.89 Å². The second-order valence-electron chi connectivity index (χ2n) is 12.0. The minimum absolute atomic E-state index is 0.583. The molecule has 0 bridgehead atoms. The molecule has 5 heteroatoms. The van der Waals surface area contributed by atoms with E-state index in [9.17, 15) is 0 Å². The fourth-order valence-corrected chi connectivity index (χ4v) is 7.90. The fraction of sp³-hybridized carbons (Fsp3) is 0. The Morgan fingerprint density at radius 2 is 1.06 bits per heavy atom. The van der Waals surface area contributed by atoms with Gasteiger partial charge in [-0.15, -0.1) is 11.3 Å². The number of aromatic nitrogens is 1. The van der Waals surface area contributed by atoms with E-state index in [1.54, 1.807) is 0 Å². The van der Waals surface area contributed by atoms with Gasteiger partial charge in [0.25, 0.3) is 0 Å². The van der Waals surface area contributed by atoms with Gasteiger partial charge in [-0.3, -0.25) is 0 Å². The third-order valence-electron chi connectivity index (χ3n) is 9.12. The van der Waals surface area contributed by atoms with Crippen LogP contribution in [0, 0.1) is 0 Å². The molecule has 0 aliphatic heterocycles. The van der Waals surface area contributed by atoms with Gasteiger partial charge in [0.1, 0.15) is 16.7 Å². The van der Waals surface area contributed by atoms with Crippen molar-refractivity contribution in [2.75, 3.05) is 4.90 Å². The smallest absolute Gasteiger partial charge is 0.227 e. The molecule has 0 saturated carbocycles. The molecule has 0 atom stereocenters. The molecular formula is C43H26N2O2S. The SMILES string of the molecule is c1ccc(-c2ccc(N(c3ccc(-c4nc5c(ccc6oc7ccccc7c65)o4)cc3)c3ccc4sc5ccccc5c4c3)cc2)cc1.